The third-order valence-electron chi connectivity index (χ3n) is 5.99. The maximum absolute atomic E-state index is 3.46. The zero-order chi connectivity index (χ0) is 24.5. The molecule has 0 saturated heterocycles. The first-order chi connectivity index (χ1) is 17.2. The van der Waals surface area contributed by atoms with Crippen LogP contribution in [0.25, 0.3) is 21.9 Å². The Morgan fingerprint density at radius 2 is 1.61 bits per heavy atom. The third kappa shape index (κ3) is 7.16. The Balaban J connectivity index is 0.000000169. The van der Waals surface area contributed by atoms with Crippen molar-refractivity contribution in [3.63, 3.8) is 0 Å². The van der Waals surface area contributed by atoms with E-state index >= 15 is 0 Å². The summed E-state index contributed by atoms with van der Waals surface area (Å²) in [5, 5.41) is 5.58. The van der Waals surface area contributed by atoms with Crippen LogP contribution in [0.5, 0.6) is 0 Å². The van der Waals surface area contributed by atoms with E-state index in [-0.39, 0.29) is 25.8 Å². The van der Waals surface area contributed by atoms with E-state index in [1.807, 2.05) is 25.1 Å². The molecule has 0 aromatic heterocycles. The van der Waals surface area contributed by atoms with Crippen molar-refractivity contribution in [1.29, 1.82) is 0 Å². The smallest absolute Gasteiger partial charge is 0 e. The van der Waals surface area contributed by atoms with E-state index in [0.717, 1.165) is 15.0 Å². The molecule has 1 aliphatic carbocycles. The summed E-state index contributed by atoms with van der Waals surface area (Å²) in [6.45, 7) is 7.61. The van der Waals surface area contributed by atoms with Gasteiger partial charge in [-0.05, 0) is 31.1 Å². The molecule has 0 N–H and O–H groups in total. The van der Waals surface area contributed by atoms with Crippen molar-refractivity contribution in [1.82, 2.24) is 0 Å². The van der Waals surface area contributed by atoms with E-state index in [4.69, 9.17) is 0 Å². The van der Waals surface area contributed by atoms with Crippen LogP contribution in [-0.2, 0) is 32.3 Å². The fraction of sp³-hybridized carbons (Fsp3) is 0.0882. The average Bonchev–Trinajstić information content (AvgIpc) is 3.47. The number of fused-ring (bicyclic) bond motifs is 4. The minimum atomic E-state index is 0. The van der Waals surface area contributed by atoms with Gasteiger partial charge in [0.2, 0.25) is 0 Å². The second kappa shape index (κ2) is 14.1. The molecular weight excluding hydrogens is 618 g/mol. The zero-order valence-electron chi connectivity index (χ0n) is 21.0. The molecule has 1 aliphatic rings. The zero-order valence-corrected chi connectivity index (χ0v) is 25.6. The molecule has 178 valence electrons. The first-order valence-electron chi connectivity index (χ1n) is 12.0. The van der Waals surface area contributed by atoms with Crippen molar-refractivity contribution >= 4 is 30.0 Å². The van der Waals surface area contributed by atoms with Crippen LogP contribution >= 0.6 is 8.58 Å². The van der Waals surface area contributed by atoms with Gasteiger partial charge >= 0.3 is 0 Å². The molecule has 0 saturated carbocycles. The minimum Gasteiger partial charge on any atom is -0.179 e. The molecule has 5 aromatic rings. The standard InChI is InChI=1S/C16H14P.C13H9.C5H8.Hf/c1-12-6-2-5-9-16(12)17-15-10-13-7-3-4-8-14(13)11-15;1-3-7-12-10(5-1)9-11-6-2-4-8-13(11)12;1-3-5-4-2;/h2-11,17H,1H3;1-5,7-8H,9H2;3-5H,1H2,2H3;/q2*-1;;. The molecule has 0 fully saturated rings. The Morgan fingerprint density at radius 1 is 0.889 bits per heavy atom. The van der Waals surface area contributed by atoms with E-state index < -0.39 is 0 Å². The van der Waals surface area contributed by atoms with Crippen molar-refractivity contribution in [2.45, 2.75) is 20.3 Å². The molecule has 5 aromatic carbocycles. The monoisotopic (exact) mass is 650 g/mol. The molecule has 0 spiro atoms. The topological polar surface area (TPSA) is 0 Å². The fourth-order valence-electron chi connectivity index (χ4n) is 4.23. The Labute approximate surface area is 236 Å². The Morgan fingerprint density at radius 3 is 2.36 bits per heavy atom. The summed E-state index contributed by atoms with van der Waals surface area (Å²) in [5.74, 6) is 0. The number of allylic oxidation sites excluding steroid dienone is 3. The molecule has 0 heterocycles. The van der Waals surface area contributed by atoms with Gasteiger partial charge in [-0.2, -0.15) is 35.9 Å². The van der Waals surface area contributed by atoms with Gasteiger partial charge in [-0.3, -0.25) is 0 Å². The van der Waals surface area contributed by atoms with Crippen molar-refractivity contribution in [2.75, 3.05) is 0 Å². The van der Waals surface area contributed by atoms with Crippen LogP contribution < -0.4 is 10.6 Å². The predicted molar refractivity (Wildman–Crippen MR) is 157 cm³/mol. The van der Waals surface area contributed by atoms with Gasteiger partial charge in [0.15, 0.2) is 0 Å². The van der Waals surface area contributed by atoms with E-state index in [0.29, 0.717) is 0 Å². The molecule has 0 bridgehead atoms. The number of rotatable bonds is 3. The van der Waals surface area contributed by atoms with Gasteiger partial charge in [0.05, 0.1) is 0 Å². The summed E-state index contributed by atoms with van der Waals surface area (Å²) >= 11 is 0. The molecule has 6 rings (SSSR count). The van der Waals surface area contributed by atoms with Crippen molar-refractivity contribution < 1.29 is 25.8 Å². The van der Waals surface area contributed by atoms with Crippen LogP contribution in [0.4, 0.5) is 0 Å². The summed E-state index contributed by atoms with van der Waals surface area (Å²) in [4.78, 5) is 0. The number of hydrogen-bond donors (Lipinski definition) is 0. The Hall–Kier alpha value is -2.73. The van der Waals surface area contributed by atoms with Gasteiger partial charge in [-0.1, -0.05) is 99.1 Å². The fourth-order valence-corrected chi connectivity index (χ4v) is 5.45. The molecule has 1 unspecified atom stereocenters. The molecule has 36 heavy (non-hydrogen) atoms. The summed E-state index contributed by atoms with van der Waals surface area (Å²) in [6, 6.07) is 39.9. The molecule has 0 radical (unpaired) electrons. The van der Waals surface area contributed by atoms with Gasteiger partial charge in [0.25, 0.3) is 0 Å². The number of benzene rings is 4. The normalized spacial score (nSPS) is 11.2. The van der Waals surface area contributed by atoms with Crippen LogP contribution in [0.15, 0.2) is 128 Å². The van der Waals surface area contributed by atoms with E-state index in [1.54, 1.807) is 6.08 Å². The largest absolute Gasteiger partial charge is 0.179 e. The van der Waals surface area contributed by atoms with Gasteiger partial charge in [-0.25, -0.2) is 0 Å². The SMILES string of the molecule is C=CC=CC.Cc1ccccc1Pc1cc2ccccc2[cH-]1.[Hf].[c-]1cccc2c1Cc1ccccc1-2. The maximum atomic E-state index is 3.46. The second-order valence-corrected chi connectivity index (χ2v) is 9.84. The van der Waals surface area contributed by atoms with Crippen LogP contribution in [-0.4, -0.2) is 0 Å². The molecule has 0 aliphatic heterocycles. The molecule has 2 heteroatoms. The van der Waals surface area contributed by atoms with Gasteiger partial charge in [-0.15, -0.1) is 45.9 Å². The first kappa shape index (κ1) is 27.9. The van der Waals surface area contributed by atoms with E-state index in [1.165, 1.54) is 49.2 Å². The Kier molecular flexibility index (Phi) is 10.9. The Bertz CT molecular complexity index is 1360. The van der Waals surface area contributed by atoms with Gasteiger partial charge < -0.3 is 0 Å². The summed E-state index contributed by atoms with van der Waals surface area (Å²) in [5.41, 5.74) is 6.90. The van der Waals surface area contributed by atoms with E-state index in [9.17, 15) is 0 Å². The maximum Gasteiger partial charge on any atom is 0 e. The van der Waals surface area contributed by atoms with Gasteiger partial charge in [0.1, 0.15) is 0 Å². The third-order valence-corrected chi connectivity index (χ3v) is 7.39. The quantitative estimate of drug-likeness (QED) is 0.0784. The predicted octanol–water partition coefficient (Wildman–Crippen LogP) is 8.30. The second-order valence-electron chi connectivity index (χ2n) is 8.47. The minimum absolute atomic E-state index is 0. The van der Waals surface area contributed by atoms with Crippen molar-refractivity contribution in [3.05, 3.63) is 151 Å². The number of hydrogen-bond acceptors (Lipinski definition) is 0. The molecular formula is C34H31HfP-2. The van der Waals surface area contributed by atoms with Crippen molar-refractivity contribution in [2.24, 2.45) is 0 Å². The average molecular weight is 649 g/mol. The van der Waals surface area contributed by atoms with Crippen LogP contribution in [0, 0.1) is 13.0 Å². The van der Waals surface area contributed by atoms with Crippen LogP contribution in [0.1, 0.15) is 23.6 Å². The summed E-state index contributed by atoms with van der Waals surface area (Å²) < 4.78 is 0. The molecule has 0 amide bonds. The van der Waals surface area contributed by atoms with E-state index in [2.05, 4.69) is 117 Å². The number of aryl methyl sites for hydroxylation is 1. The van der Waals surface area contributed by atoms with Crippen molar-refractivity contribution in [3.8, 4) is 11.1 Å². The summed E-state index contributed by atoms with van der Waals surface area (Å²) in [7, 11) is 0.759. The summed E-state index contributed by atoms with van der Waals surface area (Å²) in [6.07, 6.45) is 6.62. The van der Waals surface area contributed by atoms with Crippen LogP contribution in [0.2, 0.25) is 0 Å². The first-order valence-corrected chi connectivity index (χ1v) is 13.0. The molecule has 0 nitrogen and oxygen atoms in total. The molecule has 1 atom stereocenters. The van der Waals surface area contributed by atoms with Gasteiger partial charge in [0, 0.05) is 25.8 Å². The van der Waals surface area contributed by atoms with Crippen LogP contribution in [0.3, 0.4) is 0 Å².